The third-order valence-electron chi connectivity index (χ3n) is 0.567. The molecule has 0 aromatic heterocycles. The summed E-state index contributed by atoms with van der Waals surface area (Å²) < 4.78 is 0. The number of rotatable bonds is 2. The Kier molecular flexibility index (Phi) is 14.1. The Morgan fingerprint density at radius 3 is 2.00 bits per heavy atom. The van der Waals surface area contributed by atoms with Crippen molar-refractivity contribution < 1.29 is 5.21 Å². The van der Waals surface area contributed by atoms with Gasteiger partial charge in [-0.2, -0.15) is 5.06 Å². The molecule has 9 heavy (non-hydrogen) atoms. The first-order valence-corrected chi connectivity index (χ1v) is 3.29. The molecule has 0 atom stereocenters. The van der Waals surface area contributed by atoms with Crippen molar-refractivity contribution in [2.45, 2.75) is 6.92 Å². The van der Waals surface area contributed by atoms with E-state index in [1.54, 1.807) is 13.1 Å². The minimum atomic E-state index is 0.556. The Labute approximate surface area is 61.7 Å². The Morgan fingerprint density at radius 2 is 2.00 bits per heavy atom. The van der Waals surface area contributed by atoms with Gasteiger partial charge in [-0.05, 0) is 0 Å². The molecule has 0 unspecified atom stereocenters. The molecule has 0 aliphatic heterocycles. The zero-order valence-electron chi connectivity index (χ0n) is 5.97. The first kappa shape index (κ1) is 11.7. The van der Waals surface area contributed by atoms with E-state index in [0.717, 1.165) is 5.06 Å². The second kappa shape index (κ2) is 10.8. The highest BCUT2D eigenvalue weighted by Gasteiger charge is 1.74. The highest BCUT2D eigenvalue weighted by atomic mass is 35.5. The van der Waals surface area contributed by atoms with Crippen molar-refractivity contribution in [1.82, 2.24) is 5.06 Å². The van der Waals surface area contributed by atoms with E-state index in [2.05, 4.69) is 6.58 Å². The van der Waals surface area contributed by atoms with Gasteiger partial charge in [-0.3, -0.25) is 0 Å². The van der Waals surface area contributed by atoms with Crippen molar-refractivity contribution >= 4 is 11.6 Å². The molecule has 0 fully saturated rings. The zero-order valence-corrected chi connectivity index (χ0v) is 6.73. The molecule has 3 heteroatoms. The van der Waals surface area contributed by atoms with Gasteiger partial charge in [0.15, 0.2) is 0 Å². The monoisotopic (exact) mass is 151 g/mol. The molecule has 0 aromatic carbocycles. The van der Waals surface area contributed by atoms with Gasteiger partial charge in [0.2, 0.25) is 0 Å². The summed E-state index contributed by atoms with van der Waals surface area (Å²) in [5.41, 5.74) is 0. The van der Waals surface area contributed by atoms with Crippen molar-refractivity contribution in [2.75, 3.05) is 19.5 Å². The van der Waals surface area contributed by atoms with Gasteiger partial charge in [-0.1, -0.05) is 13.0 Å². The Morgan fingerprint density at radius 1 is 1.78 bits per heavy atom. The van der Waals surface area contributed by atoms with E-state index in [-0.39, 0.29) is 0 Å². The van der Waals surface area contributed by atoms with Gasteiger partial charge < -0.3 is 5.21 Å². The maximum Gasteiger partial charge on any atom is 0.0401 e. The average molecular weight is 152 g/mol. The normalized spacial score (nSPS) is 8.11. The van der Waals surface area contributed by atoms with Crippen molar-refractivity contribution in [3.63, 3.8) is 0 Å². The van der Waals surface area contributed by atoms with Gasteiger partial charge in [0.05, 0.1) is 0 Å². The molecule has 0 spiro atoms. The first-order valence-electron chi connectivity index (χ1n) is 2.75. The molecule has 56 valence electrons. The second-order valence-electron chi connectivity index (χ2n) is 1.42. The van der Waals surface area contributed by atoms with Crippen LogP contribution in [-0.2, 0) is 0 Å². The number of hydrogen-bond donors (Lipinski definition) is 1. The highest BCUT2D eigenvalue weighted by Crippen LogP contribution is 1.67. The van der Waals surface area contributed by atoms with Crippen LogP contribution in [0.4, 0.5) is 0 Å². The number of hydroxylamine groups is 2. The molecule has 0 aromatic rings. The number of halogens is 1. The summed E-state index contributed by atoms with van der Waals surface area (Å²) in [6, 6.07) is 0. The fraction of sp³-hybridized carbons (Fsp3) is 0.667. The van der Waals surface area contributed by atoms with Crippen molar-refractivity contribution in [2.24, 2.45) is 0 Å². The molecule has 2 nitrogen and oxygen atoms in total. The Hall–Kier alpha value is -0.0500. The maximum atomic E-state index is 8.19. The summed E-state index contributed by atoms with van der Waals surface area (Å²) >= 11 is 5.07. The van der Waals surface area contributed by atoms with Crippen LogP contribution in [0.2, 0.25) is 0 Å². The predicted octanol–water partition coefficient (Wildman–Crippen LogP) is 1.74. The van der Waals surface area contributed by atoms with Crippen LogP contribution in [0.3, 0.4) is 0 Å². The van der Waals surface area contributed by atoms with Gasteiger partial charge in [0.25, 0.3) is 0 Å². The summed E-state index contributed by atoms with van der Waals surface area (Å²) in [5, 5.41) is 9.32. The number of alkyl halides is 1. The van der Waals surface area contributed by atoms with Crippen LogP contribution >= 0.6 is 11.6 Å². The van der Waals surface area contributed by atoms with Crippen molar-refractivity contribution in [1.29, 1.82) is 0 Å². The summed E-state index contributed by atoms with van der Waals surface area (Å²) in [5.74, 6) is 0.556. The van der Waals surface area contributed by atoms with E-state index in [9.17, 15) is 0 Å². The van der Waals surface area contributed by atoms with Gasteiger partial charge in [0, 0.05) is 19.5 Å². The Balaban J connectivity index is 0. The molecular weight excluding hydrogens is 138 g/mol. The smallest absolute Gasteiger partial charge is 0.0401 e. The summed E-state index contributed by atoms with van der Waals surface area (Å²) in [4.78, 5) is 0. The second-order valence-corrected chi connectivity index (χ2v) is 1.73. The summed E-state index contributed by atoms with van der Waals surface area (Å²) in [6.07, 6.45) is 1.64. The lowest BCUT2D eigenvalue weighted by Gasteiger charge is -1.98. The number of hydrogen-bond acceptors (Lipinski definition) is 2. The first-order chi connectivity index (χ1) is 4.18. The van der Waals surface area contributed by atoms with Gasteiger partial charge in [0.1, 0.15) is 0 Å². The van der Waals surface area contributed by atoms with Gasteiger partial charge in [-0.25, -0.2) is 0 Å². The predicted molar refractivity (Wildman–Crippen MR) is 41.0 cm³/mol. The average Bonchev–Trinajstić information content (AvgIpc) is 1.89. The minimum Gasteiger partial charge on any atom is -0.314 e. The molecule has 0 rings (SSSR count). The molecule has 0 aliphatic carbocycles. The van der Waals surface area contributed by atoms with Gasteiger partial charge in [-0.15, -0.1) is 18.2 Å². The molecule has 0 heterocycles. The molecule has 0 aliphatic rings. The summed E-state index contributed by atoms with van der Waals surface area (Å²) in [6.45, 7) is 5.92. The molecule has 0 saturated heterocycles. The van der Waals surface area contributed by atoms with E-state index in [4.69, 9.17) is 16.8 Å². The quantitative estimate of drug-likeness (QED) is 0.369. The van der Waals surface area contributed by atoms with Crippen LogP contribution in [-0.4, -0.2) is 29.7 Å². The minimum absolute atomic E-state index is 0.556. The third kappa shape index (κ3) is 32.3. The SMILES string of the molecule is C=CCCl.CCN(C)O. The van der Waals surface area contributed by atoms with Crippen molar-refractivity contribution in [3.05, 3.63) is 12.7 Å². The van der Waals surface area contributed by atoms with Crippen LogP contribution in [0.25, 0.3) is 0 Å². The largest absolute Gasteiger partial charge is 0.314 e. The molecule has 0 saturated carbocycles. The van der Waals surface area contributed by atoms with Crippen LogP contribution < -0.4 is 0 Å². The highest BCUT2D eigenvalue weighted by molar-refractivity contribution is 6.18. The number of nitrogens with zero attached hydrogens (tertiary/aromatic N) is 1. The fourth-order valence-electron chi connectivity index (χ4n) is 0. The third-order valence-corrected chi connectivity index (χ3v) is 0.785. The Bertz CT molecular complexity index is 57.0. The molecule has 0 amide bonds. The van der Waals surface area contributed by atoms with E-state index in [1.807, 2.05) is 6.92 Å². The fourth-order valence-corrected chi connectivity index (χ4v) is 0. The topological polar surface area (TPSA) is 23.5 Å². The van der Waals surface area contributed by atoms with E-state index < -0.39 is 0 Å². The van der Waals surface area contributed by atoms with E-state index in [0.29, 0.717) is 12.4 Å². The molecule has 0 radical (unpaired) electrons. The lowest BCUT2D eigenvalue weighted by molar-refractivity contribution is -0.0596. The lowest BCUT2D eigenvalue weighted by Crippen LogP contribution is -2.09. The van der Waals surface area contributed by atoms with Gasteiger partial charge >= 0.3 is 0 Å². The van der Waals surface area contributed by atoms with E-state index >= 15 is 0 Å². The van der Waals surface area contributed by atoms with E-state index in [1.165, 1.54) is 0 Å². The number of allylic oxidation sites excluding steroid dienone is 1. The van der Waals surface area contributed by atoms with Crippen LogP contribution in [0.1, 0.15) is 6.92 Å². The molecule has 1 N–H and O–H groups in total. The lowest BCUT2D eigenvalue weighted by atomic mass is 10.8. The zero-order chi connectivity index (χ0) is 7.70. The summed E-state index contributed by atoms with van der Waals surface area (Å²) in [7, 11) is 1.61. The molecular formula is C6H14ClNO. The van der Waals surface area contributed by atoms with Crippen LogP contribution in [0.5, 0.6) is 0 Å². The van der Waals surface area contributed by atoms with Crippen LogP contribution in [0.15, 0.2) is 12.7 Å². The standard InChI is InChI=1S/C3H5Cl.C3H9NO/c1-2-3-4;1-3-4(2)5/h2H,1,3H2;5H,3H2,1-2H3. The maximum absolute atomic E-state index is 8.19. The van der Waals surface area contributed by atoms with Crippen molar-refractivity contribution in [3.8, 4) is 0 Å². The molecule has 0 bridgehead atoms. The van der Waals surface area contributed by atoms with Crippen LogP contribution in [0, 0.1) is 0 Å².